The molecule has 0 unspecified atom stereocenters. The van der Waals surface area contributed by atoms with Gasteiger partial charge in [-0.25, -0.2) is 4.79 Å². The molecule has 6 heteroatoms. The monoisotopic (exact) mass is 279 g/mol. The molecular weight excluding hydrogens is 262 g/mol. The van der Waals surface area contributed by atoms with Crippen LogP contribution in [0.3, 0.4) is 0 Å². The highest BCUT2D eigenvalue weighted by molar-refractivity contribution is 5.94. The summed E-state index contributed by atoms with van der Waals surface area (Å²) in [7, 11) is 0. The number of carboxylic acid groups (broad SMARTS) is 1. The molecule has 2 rings (SSSR count). The number of rotatable bonds is 5. The molecule has 1 aromatic carbocycles. The quantitative estimate of drug-likeness (QED) is 0.841. The largest absolute Gasteiger partial charge is 0.482 e. The van der Waals surface area contributed by atoms with Gasteiger partial charge in [0.05, 0.1) is 0 Å². The lowest BCUT2D eigenvalue weighted by atomic mass is 10.1. The molecule has 2 N–H and O–H groups in total. The fourth-order valence-electron chi connectivity index (χ4n) is 1.98. The van der Waals surface area contributed by atoms with Gasteiger partial charge in [0.15, 0.2) is 6.61 Å². The van der Waals surface area contributed by atoms with Crippen molar-refractivity contribution < 1.29 is 24.2 Å². The molecule has 0 saturated carbocycles. The lowest BCUT2D eigenvalue weighted by Gasteiger charge is -2.23. The Morgan fingerprint density at radius 3 is 2.80 bits per heavy atom. The molecule has 0 aliphatic carbocycles. The Balaban J connectivity index is 1.94. The fraction of sp³-hybridized carbons (Fsp3) is 0.429. The minimum absolute atomic E-state index is 0.125. The third kappa shape index (κ3) is 4.24. The van der Waals surface area contributed by atoms with Crippen molar-refractivity contribution in [1.29, 1.82) is 0 Å². The summed E-state index contributed by atoms with van der Waals surface area (Å²) in [5.41, 5.74) is 0.458. The molecule has 0 aromatic heterocycles. The van der Waals surface area contributed by atoms with Crippen LogP contribution in [0.5, 0.6) is 5.75 Å². The number of hydrogen-bond acceptors (Lipinski definition) is 4. The van der Waals surface area contributed by atoms with Crippen molar-refractivity contribution in [1.82, 2.24) is 5.32 Å². The first-order valence-electron chi connectivity index (χ1n) is 6.48. The first-order valence-corrected chi connectivity index (χ1v) is 6.48. The smallest absolute Gasteiger partial charge is 0.341 e. The predicted octanol–water partition coefficient (Wildman–Crippen LogP) is 1.06. The van der Waals surface area contributed by atoms with Gasteiger partial charge in [0.1, 0.15) is 5.75 Å². The van der Waals surface area contributed by atoms with Crippen LogP contribution < -0.4 is 10.1 Å². The van der Waals surface area contributed by atoms with Gasteiger partial charge < -0.3 is 19.9 Å². The Labute approximate surface area is 116 Å². The summed E-state index contributed by atoms with van der Waals surface area (Å²) in [6, 6.07) is 6.62. The molecule has 1 aromatic rings. The van der Waals surface area contributed by atoms with E-state index in [-0.39, 0.29) is 11.9 Å². The maximum Gasteiger partial charge on any atom is 0.341 e. The van der Waals surface area contributed by atoms with Crippen LogP contribution in [0.4, 0.5) is 0 Å². The first-order chi connectivity index (χ1) is 9.65. The lowest BCUT2D eigenvalue weighted by molar-refractivity contribution is -0.139. The summed E-state index contributed by atoms with van der Waals surface area (Å²) in [6.07, 6.45) is 1.61. The van der Waals surface area contributed by atoms with E-state index in [1.807, 2.05) is 0 Å². The van der Waals surface area contributed by atoms with Crippen molar-refractivity contribution in [2.75, 3.05) is 19.8 Å². The minimum atomic E-state index is -1.05. The molecule has 1 saturated heterocycles. The molecule has 0 bridgehead atoms. The number of aliphatic carboxylic acids is 1. The average molecular weight is 279 g/mol. The van der Waals surface area contributed by atoms with E-state index in [1.54, 1.807) is 18.2 Å². The zero-order valence-electron chi connectivity index (χ0n) is 11.0. The SMILES string of the molecule is O=C(O)COc1cccc(C(=O)NC2CCOCC2)c1. The Kier molecular flexibility index (Phi) is 4.95. The Morgan fingerprint density at radius 1 is 1.35 bits per heavy atom. The molecule has 1 fully saturated rings. The topological polar surface area (TPSA) is 84.9 Å². The zero-order valence-corrected chi connectivity index (χ0v) is 11.0. The summed E-state index contributed by atoms with van der Waals surface area (Å²) >= 11 is 0. The minimum Gasteiger partial charge on any atom is -0.482 e. The van der Waals surface area contributed by atoms with Crippen LogP contribution in [0.15, 0.2) is 24.3 Å². The summed E-state index contributed by atoms with van der Waals surface area (Å²) in [5, 5.41) is 11.5. The van der Waals surface area contributed by atoms with Gasteiger partial charge in [-0.3, -0.25) is 4.79 Å². The predicted molar refractivity (Wildman–Crippen MR) is 70.9 cm³/mol. The Bertz CT molecular complexity index is 482. The maximum atomic E-state index is 12.1. The molecule has 0 atom stereocenters. The first kappa shape index (κ1) is 14.3. The van der Waals surface area contributed by atoms with E-state index in [9.17, 15) is 9.59 Å². The number of ether oxygens (including phenoxy) is 2. The van der Waals surface area contributed by atoms with Crippen LogP contribution in [0.2, 0.25) is 0 Å². The normalized spacial score (nSPS) is 15.6. The van der Waals surface area contributed by atoms with Gasteiger partial charge in [-0.15, -0.1) is 0 Å². The number of benzene rings is 1. The van der Waals surface area contributed by atoms with Crippen LogP contribution in [-0.4, -0.2) is 42.8 Å². The second-order valence-electron chi connectivity index (χ2n) is 4.57. The number of carbonyl (C=O) groups excluding carboxylic acids is 1. The third-order valence-corrected chi connectivity index (χ3v) is 3.02. The van der Waals surface area contributed by atoms with Crippen molar-refractivity contribution in [2.24, 2.45) is 0 Å². The highest BCUT2D eigenvalue weighted by Crippen LogP contribution is 2.14. The molecular formula is C14H17NO5. The second kappa shape index (κ2) is 6.91. The van der Waals surface area contributed by atoms with E-state index < -0.39 is 12.6 Å². The van der Waals surface area contributed by atoms with Crippen LogP contribution in [0, 0.1) is 0 Å². The molecule has 1 aliphatic rings. The van der Waals surface area contributed by atoms with E-state index in [2.05, 4.69) is 5.32 Å². The van der Waals surface area contributed by atoms with Crippen LogP contribution in [0.1, 0.15) is 23.2 Å². The van der Waals surface area contributed by atoms with Gasteiger partial charge in [0.25, 0.3) is 5.91 Å². The van der Waals surface area contributed by atoms with Crippen LogP contribution in [0.25, 0.3) is 0 Å². The molecule has 108 valence electrons. The Morgan fingerprint density at radius 2 is 2.10 bits per heavy atom. The average Bonchev–Trinajstić information content (AvgIpc) is 2.46. The maximum absolute atomic E-state index is 12.1. The van der Waals surface area contributed by atoms with Gasteiger partial charge in [-0.2, -0.15) is 0 Å². The number of amides is 1. The molecule has 1 heterocycles. The molecule has 1 amide bonds. The van der Waals surface area contributed by atoms with Gasteiger partial charge in [-0.1, -0.05) is 6.07 Å². The van der Waals surface area contributed by atoms with Gasteiger partial charge in [0, 0.05) is 24.8 Å². The van der Waals surface area contributed by atoms with Crippen molar-refractivity contribution in [3.05, 3.63) is 29.8 Å². The fourth-order valence-corrected chi connectivity index (χ4v) is 1.98. The number of carbonyl (C=O) groups is 2. The lowest BCUT2D eigenvalue weighted by Crippen LogP contribution is -2.38. The van der Waals surface area contributed by atoms with Crippen molar-refractivity contribution in [3.8, 4) is 5.75 Å². The molecule has 20 heavy (non-hydrogen) atoms. The van der Waals surface area contributed by atoms with E-state index in [0.29, 0.717) is 24.5 Å². The Hall–Kier alpha value is -2.08. The van der Waals surface area contributed by atoms with Crippen LogP contribution >= 0.6 is 0 Å². The van der Waals surface area contributed by atoms with E-state index >= 15 is 0 Å². The standard InChI is InChI=1S/C14H17NO5/c16-13(17)9-20-12-3-1-2-10(8-12)14(18)15-11-4-6-19-7-5-11/h1-3,8,11H,4-7,9H2,(H,15,18)(H,16,17). The number of carboxylic acids is 1. The van der Waals surface area contributed by atoms with Gasteiger partial charge in [0.2, 0.25) is 0 Å². The van der Waals surface area contributed by atoms with Gasteiger partial charge >= 0.3 is 5.97 Å². The number of hydrogen-bond donors (Lipinski definition) is 2. The third-order valence-electron chi connectivity index (χ3n) is 3.02. The highest BCUT2D eigenvalue weighted by atomic mass is 16.5. The van der Waals surface area contributed by atoms with Crippen molar-refractivity contribution in [2.45, 2.75) is 18.9 Å². The van der Waals surface area contributed by atoms with Crippen LogP contribution in [-0.2, 0) is 9.53 Å². The van der Waals surface area contributed by atoms with Crippen molar-refractivity contribution >= 4 is 11.9 Å². The van der Waals surface area contributed by atoms with Gasteiger partial charge in [-0.05, 0) is 31.0 Å². The summed E-state index contributed by atoms with van der Waals surface area (Å²) in [4.78, 5) is 22.5. The van der Waals surface area contributed by atoms with Crippen molar-refractivity contribution in [3.63, 3.8) is 0 Å². The summed E-state index contributed by atoms with van der Waals surface area (Å²) in [6.45, 7) is 0.893. The molecule has 6 nitrogen and oxygen atoms in total. The summed E-state index contributed by atoms with van der Waals surface area (Å²) < 4.78 is 10.3. The number of nitrogens with one attached hydrogen (secondary N) is 1. The molecule has 0 spiro atoms. The summed E-state index contributed by atoms with van der Waals surface area (Å²) in [5.74, 6) is -0.869. The van der Waals surface area contributed by atoms with E-state index in [0.717, 1.165) is 12.8 Å². The molecule has 0 radical (unpaired) electrons. The highest BCUT2D eigenvalue weighted by Gasteiger charge is 2.17. The van der Waals surface area contributed by atoms with E-state index in [4.69, 9.17) is 14.6 Å². The zero-order chi connectivity index (χ0) is 14.4. The second-order valence-corrected chi connectivity index (χ2v) is 4.57. The van der Waals surface area contributed by atoms with E-state index in [1.165, 1.54) is 6.07 Å². The molecule has 1 aliphatic heterocycles.